The molecule has 1 amide bonds. The average Bonchev–Trinajstić information content (AvgIpc) is 2.77. The van der Waals surface area contributed by atoms with Crippen molar-refractivity contribution in [1.82, 2.24) is 10.3 Å². The van der Waals surface area contributed by atoms with Crippen molar-refractivity contribution in [2.24, 2.45) is 5.73 Å². The van der Waals surface area contributed by atoms with Gasteiger partial charge in [0.05, 0.1) is 13.7 Å². The quantitative estimate of drug-likeness (QED) is 0.656. The van der Waals surface area contributed by atoms with Gasteiger partial charge in [0.1, 0.15) is 5.75 Å². The molecular weight excluding hydrogens is 399 g/mol. The summed E-state index contributed by atoms with van der Waals surface area (Å²) in [6.45, 7) is 4.14. The van der Waals surface area contributed by atoms with Crippen LogP contribution in [0, 0.1) is 0 Å². The molecule has 6 nitrogen and oxygen atoms in total. The average molecular weight is 425 g/mol. The number of carbonyl (C=O) groups excluding carboxylic acids is 1. The zero-order valence-corrected chi connectivity index (χ0v) is 17.2. The highest BCUT2D eigenvalue weighted by Crippen LogP contribution is 2.34. The molecule has 1 aromatic carbocycles. The van der Waals surface area contributed by atoms with Crippen LogP contribution in [0.15, 0.2) is 54.5 Å². The summed E-state index contributed by atoms with van der Waals surface area (Å²) in [5, 5.41) is 12.0. The maximum Gasteiger partial charge on any atom is 0.424 e. The van der Waals surface area contributed by atoms with Gasteiger partial charge in [0.15, 0.2) is 0 Å². The van der Waals surface area contributed by atoms with Crippen molar-refractivity contribution < 1.29 is 27.8 Å². The second-order valence-corrected chi connectivity index (χ2v) is 5.94. The molecule has 0 bridgehead atoms. The van der Waals surface area contributed by atoms with E-state index in [-0.39, 0.29) is 5.56 Å². The molecule has 164 valence electrons. The van der Waals surface area contributed by atoms with Gasteiger partial charge in [-0.25, -0.2) is 0 Å². The first-order valence-electron chi connectivity index (χ1n) is 9.22. The molecule has 1 heterocycles. The second-order valence-electron chi connectivity index (χ2n) is 5.94. The number of methoxy groups -OCH3 is 1. The van der Waals surface area contributed by atoms with Crippen LogP contribution in [-0.2, 0) is 0 Å². The fourth-order valence-corrected chi connectivity index (χ4v) is 2.52. The summed E-state index contributed by atoms with van der Waals surface area (Å²) in [6, 6.07) is 7.96. The minimum Gasteiger partial charge on any atom is -0.496 e. The SMILES string of the molecule is C/C=C(\N)C(O)(CNC(=O)c1ccc(-c2ccncc2)c(OC)c1)C(F)(F)F.CC. The number of alkyl halides is 3. The van der Waals surface area contributed by atoms with Gasteiger partial charge in [-0.05, 0) is 42.8 Å². The predicted octanol–water partition coefficient (Wildman–Crippen LogP) is 3.67. The Morgan fingerprint density at radius 2 is 1.83 bits per heavy atom. The lowest BCUT2D eigenvalue weighted by molar-refractivity contribution is -0.241. The summed E-state index contributed by atoms with van der Waals surface area (Å²) in [5.41, 5.74) is 2.70. The van der Waals surface area contributed by atoms with Crippen LogP contribution in [0.5, 0.6) is 5.75 Å². The van der Waals surface area contributed by atoms with Crippen LogP contribution < -0.4 is 15.8 Å². The minimum atomic E-state index is -5.06. The first-order valence-corrected chi connectivity index (χ1v) is 9.22. The molecule has 0 saturated carbocycles. The van der Waals surface area contributed by atoms with Gasteiger partial charge >= 0.3 is 6.18 Å². The molecule has 0 spiro atoms. The fourth-order valence-electron chi connectivity index (χ4n) is 2.52. The molecular formula is C21H26F3N3O3. The maximum absolute atomic E-state index is 13.2. The summed E-state index contributed by atoms with van der Waals surface area (Å²) >= 11 is 0. The molecule has 1 aromatic heterocycles. The predicted molar refractivity (Wildman–Crippen MR) is 109 cm³/mol. The zero-order valence-electron chi connectivity index (χ0n) is 17.2. The molecule has 4 N–H and O–H groups in total. The Labute approximate surface area is 173 Å². The lowest BCUT2D eigenvalue weighted by Gasteiger charge is -2.31. The molecule has 0 aliphatic rings. The van der Waals surface area contributed by atoms with Gasteiger partial charge in [-0.15, -0.1) is 0 Å². The topological polar surface area (TPSA) is 97.5 Å². The molecule has 30 heavy (non-hydrogen) atoms. The highest BCUT2D eigenvalue weighted by molar-refractivity contribution is 5.95. The van der Waals surface area contributed by atoms with Crippen LogP contribution in [0.3, 0.4) is 0 Å². The molecule has 1 atom stereocenters. The highest BCUT2D eigenvalue weighted by Gasteiger charge is 2.55. The van der Waals surface area contributed by atoms with Gasteiger partial charge in [-0.2, -0.15) is 13.2 Å². The van der Waals surface area contributed by atoms with Crippen molar-refractivity contribution in [3.8, 4) is 16.9 Å². The molecule has 2 aromatic rings. The lowest BCUT2D eigenvalue weighted by Crippen LogP contribution is -2.56. The van der Waals surface area contributed by atoms with Crippen LogP contribution in [-0.4, -0.2) is 41.4 Å². The number of halogens is 3. The first-order chi connectivity index (χ1) is 14.1. The van der Waals surface area contributed by atoms with Crippen molar-refractivity contribution in [2.75, 3.05) is 13.7 Å². The van der Waals surface area contributed by atoms with Gasteiger partial charge in [-0.1, -0.05) is 19.9 Å². The molecule has 0 aliphatic heterocycles. The normalized spacial score (nSPS) is 13.5. The minimum absolute atomic E-state index is 0.0678. The van der Waals surface area contributed by atoms with Crippen molar-refractivity contribution in [3.05, 3.63) is 60.1 Å². The highest BCUT2D eigenvalue weighted by atomic mass is 19.4. The van der Waals surface area contributed by atoms with E-state index >= 15 is 0 Å². The van der Waals surface area contributed by atoms with Gasteiger partial charge in [-0.3, -0.25) is 9.78 Å². The number of carbonyl (C=O) groups is 1. The number of amides is 1. The lowest BCUT2D eigenvalue weighted by atomic mass is 9.98. The van der Waals surface area contributed by atoms with Crippen LogP contribution in [0.4, 0.5) is 13.2 Å². The van der Waals surface area contributed by atoms with Crippen LogP contribution >= 0.6 is 0 Å². The molecule has 0 fully saturated rings. The molecule has 1 unspecified atom stereocenters. The maximum atomic E-state index is 13.2. The number of aliphatic hydroxyl groups is 1. The Morgan fingerprint density at radius 1 is 1.23 bits per heavy atom. The number of hydrogen-bond donors (Lipinski definition) is 3. The fraction of sp³-hybridized carbons (Fsp3) is 0.333. The summed E-state index contributed by atoms with van der Waals surface area (Å²) < 4.78 is 44.9. The number of pyridine rings is 1. The summed E-state index contributed by atoms with van der Waals surface area (Å²) in [6.07, 6.45) is -0.927. The number of nitrogens with zero attached hydrogens (tertiary/aromatic N) is 1. The van der Waals surface area contributed by atoms with E-state index in [4.69, 9.17) is 10.5 Å². The Kier molecular flexibility index (Phi) is 8.85. The van der Waals surface area contributed by atoms with E-state index in [2.05, 4.69) is 10.3 Å². The van der Waals surface area contributed by atoms with Crippen molar-refractivity contribution >= 4 is 5.91 Å². The van der Waals surface area contributed by atoms with Crippen LogP contribution in [0.1, 0.15) is 31.1 Å². The Morgan fingerprint density at radius 3 is 2.33 bits per heavy atom. The number of nitrogens with one attached hydrogen (secondary N) is 1. The van der Waals surface area contributed by atoms with Gasteiger partial charge in [0.2, 0.25) is 5.60 Å². The second kappa shape index (κ2) is 10.6. The summed E-state index contributed by atoms with van der Waals surface area (Å²) in [4.78, 5) is 16.3. The Bertz CT molecular complexity index is 871. The molecule has 0 saturated heterocycles. The van der Waals surface area contributed by atoms with E-state index in [9.17, 15) is 23.1 Å². The number of rotatable bonds is 6. The van der Waals surface area contributed by atoms with Gasteiger partial charge < -0.3 is 20.9 Å². The molecule has 9 heteroatoms. The van der Waals surface area contributed by atoms with Crippen LogP contribution in [0.2, 0.25) is 0 Å². The van der Waals surface area contributed by atoms with E-state index in [1.54, 1.807) is 30.6 Å². The smallest absolute Gasteiger partial charge is 0.424 e. The van der Waals surface area contributed by atoms with Gasteiger partial charge in [0, 0.05) is 29.2 Å². The van der Waals surface area contributed by atoms with Gasteiger partial charge in [0.25, 0.3) is 5.91 Å². The molecule has 0 radical (unpaired) electrons. The number of allylic oxidation sites excluding steroid dienone is 1. The summed E-state index contributed by atoms with van der Waals surface area (Å²) in [5.74, 6) is -0.455. The van der Waals surface area contributed by atoms with E-state index in [1.165, 1.54) is 26.2 Å². The third kappa shape index (κ3) is 5.50. The zero-order chi connectivity index (χ0) is 22.9. The monoisotopic (exact) mass is 425 g/mol. The number of hydrogen-bond acceptors (Lipinski definition) is 5. The van der Waals surface area contributed by atoms with Crippen molar-refractivity contribution in [3.63, 3.8) is 0 Å². The van der Waals surface area contributed by atoms with Crippen molar-refractivity contribution in [2.45, 2.75) is 32.5 Å². The molecule has 0 aliphatic carbocycles. The Balaban J connectivity index is 0.00000218. The standard InChI is InChI=1S/C19H20F3N3O3.C2H6/c1-3-16(23)18(27,19(20,21)22)11-25-17(26)13-4-5-14(15(10-13)28-2)12-6-8-24-9-7-12;1-2/h3-10,27H,11,23H2,1-2H3,(H,25,26);1-2H3/b16-3-;. The molecule has 2 rings (SSSR count). The first kappa shape index (κ1) is 25.0. The third-order valence-corrected chi connectivity index (χ3v) is 4.22. The summed E-state index contributed by atoms with van der Waals surface area (Å²) in [7, 11) is 1.41. The van der Waals surface area contributed by atoms with E-state index in [0.717, 1.165) is 11.6 Å². The number of nitrogens with two attached hydrogens (primary N) is 1. The van der Waals surface area contributed by atoms with Crippen LogP contribution in [0.25, 0.3) is 11.1 Å². The number of aromatic nitrogens is 1. The van der Waals surface area contributed by atoms with E-state index < -0.39 is 29.9 Å². The largest absolute Gasteiger partial charge is 0.496 e. The van der Waals surface area contributed by atoms with E-state index in [1.807, 2.05) is 13.8 Å². The third-order valence-electron chi connectivity index (χ3n) is 4.22. The number of benzene rings is 1. The van der Waals surface area contributed by atoms with E-state index in [0.29, 0.717) is 11.3 Å². The van der Waals surface area contributed by atoms with Crippen molar-refractivity contribution in [1.29, 1.82) is 0 Å². The Hall–Kier alpha value is -3.07. The number of ether oxygens (including phenoxy) is 1.